The summed E-state index contributed by atoms with van der Waals surface area (Å²) >= 11 is 0. The minimum atomic E-state index is -0.596. The lowest BCUT2D eigenvalue weighted by molar-refractivity contribution is -0.124. The van der Waals surface area contributed by atoms with Gasteiger partial charge in [-0.3, -0.25) is 4.79 Å². The third-order valence-electron chi connectivity index (χ3n) is 4.60. The third-order valence-corrected chi connectivity index (χ3v) is 4.60. The van der Waals surface area contributed by atoms with Gasteiger partial charge in [0.25, 0.3) is 0 Å². The molecule has 0 heterocycles. The molecule has 2 aromatic rings. The first-order chi connectivity index (χ1) is 11.0. The average molecular weight is 309 g/mol. The summed E-state index contributed by atoms with van der Waals surface area (Å²) in [5, 5.41) is 0. The van der Waals surface area contributed by atoms with E-state index in [4.69, 9.17) is 0 Å². The summed E-state index contributed by atoms with van der Waals surface area (Å²) in [7, 11) is 4.13. The second-order valence-electron chi connectivity index (χ2n) is 6.48. The molecule has 0 saturated carbocycles. The van der Waals surface area contributed by atoms with Gasteiger partial charge in [0.15, 0.2) is 0 Å². The molecular weight excluding hydrogens is 282 g/mol. The zero-order valence-electron chi connectivity index (χ0n) is 14.6. The van der Waals surface area contributed by atoms with Crippen molar-refractivity contribution >= 4 is 5.78 Å². The number of hydrogen-bond acceptors (Lipinski definition) is 2. The Balaban J connectivity index is 2.71. The van der Waals surface area contributed by atoms with E-state index in [1.54, 1.807) is 0 Å². The molecule has 23 heavy (non-hydrogen) atoms. The number of carbonyl (C=O) groups excluding carboxylic acids is 1. The SMILES string of the molecule is CCC(=O)C(c1ccccc1)(c1ccccc1)C(C)CN(C)C. The van der Waals surface area contributed by atoms with Gasteiger partial charge in [-0.05, 0) is 31.1 Å². The maximum atomic E-state index is 13.2. The minimum absolute atomic E-state index is 0.176. The Morgan fingerprint density at radius 2 is 1.39 bits per heavy atom. The molecule has 1 atom stereocenters. The van der Waals surface area contributed by atoms with Crippen molar-refractivity contribution in [3.8, 4) is 0 Å². The molecule has 0 fully saturated rings. The van der Waals surface area contributed by atoms with Crippen molar-refractivity contribution in [2.45, 2.75) is 25.7 Å². The molecule has 0 aliphatic carbocycles. The smallest absolute Gasteiger partial charge is 0.147 e. The van der Waals surface area contributed by atoms with E-state index in [1.807, 2.05) is 43.3 Å². The lowest BCUT2D eigenvalue weighted by Gasteiger charge is -2.40. The van der Waals surface area contributed by atoms with Crippen LogP contribution in [0.2, 0.25) is 0 Å². The maximum absolute atomic E-state index is 13.2. The van der Waals surface area contributed by atoms with Crippen molar-refractivity contribution in [3.63, 3.8) is 0 Å². The van der Waals surface area contributed by atoms with Crippen LogP contribution in [0.5, 0.6) is 0 Å². The molecule has 2 rings (SSSR count). The first-order valence-corrected chi connectivity index (χ1v) is 8.32. The van der Waals surface area contributed by atoms with Gasteiger partial charge in [-0.25, -0.2) is 0 Å². The number of ketones is 1. The number of rotatable bonds is 7. The van der Waals surface area contributed by atoms with Gasteiger partial charge >= 0.3 is 0 Å². The molecule has 2 heteroatoms. The van der Waals surface area contributed by atoms with Crippen LogP contribution in [0.1, 0.15) is 31.4 Å². The van der Waals surface area contributed by atoms with E-state index in [0.29, 0.717) is 6.42 Å². The van der Waals surface area contributed by atoms with Crippen molar-refractivity contribution in [2.75, 3.05) is 20.6 Å². The molecule has 122 valence electrons. The molecule has 0 aliphatic heterocycles. The third kappa shape index (κ3) is 3.37. The van der Waals surface area contributed by atoms with Gasteiger partial charge in [-0.2, -0.15) is 0 Å². The van der Waals surface area contributed by atoms with Gasteiger partial charge in [0.05, 0.1) is 5.41 Å². The zero-order chi connectivity index (χ0) is 16.9. The molecule has 0 radical (unpaired) electrons. The number of Topliss-reactive ketones (excluding diaryl/α,β-unsaturated/α-hetero) is 1. The molecule has 0 amide bonds. The second kappa shape index (κ2) is 7.56. The Morgan fingerprint density at radius 1 is 0.957 bits per heavy atom. The van der Waals surface area contributed by atoms with Crippen molar-refractivity contribution in [2.24, 2.45) is 5.92 Å². The van der Waals surface area contributed by atoms with Gasteiger partial charge in [-0.1, -0.05) is 74.5 Å². The van der Waals surface area contributed by atoms with Gasteiger partial charge in [0.2, 0.25) is 0 Å². The minimum Gasteiger partial charge on any atom is -0.309 e. The second-order valence-corrected chi connectivity index (χ2v) is 6.48. The predicted molar refractivity (Wildman–Crippen MR) is 96.7 cm³/mol. The number of carbonyl (C=O) groups is 1. The molecule has 2 nitrogen and oxygen atoms in total. The van der Waals surface area contributed by atoms with Crippen LogP contribution in [0.4, 0.5) is 0 Å². The summed E-state index contributed by atoms with van der Waals surface area (Å²) in [6, 6.07) is 20.5. The highest BCUT2D eigenvalue weighted by atomic mass is 16.1. The lowest BCUT2D eigenvalue weighted by Crippen LogP contribution is -2.46. The molecule has 0 aliphatic rings. The van der Waals surface area contributed by atoms with Crippen molar-refractivity contribution in [1.82, 2.24) is 4.90 Å². The maximum Gasteiger partial charge on any atom is 0.147 e. The van der Waals surface area contributed by atoms with Crippen LogP contribution in [0.3, 0.4) is 0 Å². The fraction of sp³-hybridized carbons (Fsp3) is 0.381. The van der Waals surface area contributed by atoms with Crippen molar-refractivity contribution in [3.05, 3.63) is 71.8 Å². The highest BCUT2D eigenvalue weighted by molar-refractivity contribution is 5.94. The normalized spacial score (nSPS) is 13.1. The Labute approximate surface area is 140 Å². The molecule has 0 spiro atoms. The summed E-state index contributed by atoms with van der Waals surface area (Å²) in [5.41, 5.74) is 1.58. The standard InChI is InChI=1S/C21H27NO/c1-5-20(23)21(17(2)16-22(3)4,18-12-8-6-9-13-18)19-14-10-7-11-15-19/h6-15,17H,5,16H2,1-4H3. The van der Waals surface area contributed by atoms with Gasteiger partial charge in [-0.15, -0.1) is 0 Å². The Hall–Kier alpha value is -1.93. The average Bonchev–Trinajstić information content (AvgIpc) is 2.56. The molecular formula is C21H27NO. The molecule has 0 bridgehead atoms. The molecule has 0 aromatic heterocycles. The highest BCUT2D eigenvalue weighted by Gasteiger charge is 2.45. The number of benzene rings is 2. The van der Waals surface area contributed by atoms with E-state index in [1.165, 1.54) is 0 Å². The number of hydrogen-bond donors (Lipinski definition) is 0. The van der Waals surface area contributed by atoms with Crippen molar-refractivity contribution in [1.29, 1.82) is 0 Å². The largest absolute Gasteiger partial charge is 0.309 e. The van der Waals surface area contributed by atoms with Crippen LogP contribution in [-0.2, 0) is 10.2 Å². The lowest BCUT2D eigenvalue weighted by atomic mass is 9.63. The van der Waals surface area contributed by atoms with Gasteiger partial charge in [0, 0.05) is 13.0 Å². The van der Waals surface area contributed by atoms with Crippen LogP contribution in [0.25, 0.3) is 0 Å². The number of nitrogens with zero attached hydrogens (tertiary/aromatic N) is 1. The van der Waals surface area contributed by atoms with Crippen LogP contribution in [-0.4, -0.2) is 31.3 Å². The van der Waals surface area contributed by atoms with Gasteiger partial charge in [0.1, 0.15) is 5.78 Å². The van der Waals surface area contributed by atoms with Crippen LogP contribution < -0.4 is 0 Å². The van der Waals surface area contributed by atoms with Gasteiger partial charge < -0.3 is 4.90 Å². The van der Waals surface area contributed by atoms with Crippen LogP contribution in [0.15, 0.2) is 60.7 Å². The van der Waals surface area contributed by atoms with E-state index in [2.05, 4.69) is 50.2 Å². The van der Waals surface area contributed by atoms with Crippen LogP contribution in [0, 0.1) is 5.92 Å². The first-order valence-electron chi connectivity index (χ1n) is 8.32. The molecule has 2 aromatic carbocycles. The Bertz CT molecular complexity index is 579. The Morgan fingerprint density at radius 3 is 1.74 bits per heavy atom. The molecule has 1 unspecified atom stereocenters. The summed E-state index contributed by atoms with van der Waals surface area (Å²) in [6.45, 7) is 5.01. The topological polar surface area (TPSA) is 20.3 Å². The van der Waals surface area contributed by atoms with E-state index >= 15 is 0 Å². The molecule has 0 N–H and O–H groups in total. The quantitative estimate of drug-likeness (QED) is 0.766. The van der Waals surface area contributed by atoms with E-state index in [-0.39, 0.29) is 11.7 Å². The highest BCUT2D eigenvalue weighted by Crippen LogP contribution is 2.41. The van der Waals surface area contributed by atoms with E-state index in [9.17, 15) is 4.79 Å². The monoisotopic (exact) mass is 309 g/mol. The summed E-state index contributed by atoms with van der Waals surface area (Å²) in [4.78, 5) is 15.4. The van der Waals surface area contributed by atoms with E-state index < -0.39 is 5.41 Å². The Kier molecular flexibility index (Phi) is 5.73. The van der Waals surface area contributed by atoms with Crippen LogP contribution >= 0.6 is 0 Å². The fourth-order valence-electron chi connectivity index (χ4n) is 3.70. The predicted octanol–water partition coefficient (Wildman–Crippen LogP) is 4.15. The zero-order valence-corrected chi connectivity index (χ0v) is 14.6. The first kappa shape index (κ1) is 17.4. The van der Waals surface area contributed by atoms with E-state index in [0.717, 1.165) is 17.7 Å². The summed E-state index contributed by atoms with van der Waals surface area (Å²) in [5.74, 6) is 0.457. The van der Waals surface area contributed by atoms with Crippen molar-refractivity contribution < 1.29 is 4.79 Å². The summed E-state index contributed by atoms with van der Waals surface area (Å²) in [6.07, 6.45) is 0.529. The molecule has 0 saturated heterocycles. The fourth-order valence-corrected chi connectivity index (χ4v) is 3.70. The summed E-state index contributed by atoms with van der Waals surface area (Å²) < 4.78 is 0.